The van der Waals surface area contributed by atoms with Gasteiger partial charge in [-0.3, -0.25) is 10.5 Å². The van der Waals surface area contributed by atoms with E-state index in [0.717, 1.165) is 29.0 Å². The minimum Gasteiger partial charge on any atom is -0.497 e. The highest BCUT2D eigenvalue weighted by molar-refractivity contribution is 5.84. The first-order valence-electron chi connectivity index (χ1n) is 7.06. The van der Waals surface area contributed by atoms with Gasteiger partial charge in [-0.1, -0.05) is 19.1 Å². The summed E-state index contributed by atoms with van der Waals surface area (Å²) in [5, 5.41) is 24.6. The van der Waals surface area contributed by atoms with Gasteiger partial charge >= 0.3 is 0 Å². The van der Waals surface area contributed by atoms with Gasteiger partial charge in [-0.25, -0.2) is 0 Å². The molecule has 0 fully saturated rings. The number of methoxy groups -OCH3 is 1. The highest BCUT2D eigenvalue weighted by atomic mass is 16.5. The van der Waals surface area contributed by atoms with E-state index in [1.807, 2.05) is 31.2 Å². The van der Waals surface area contributed by atoms with Gasteiger partial charge in [0, 0.05) is 17.2 Å². The first-order chi connectivity index (χ1) is 10.7. The van der Waals surface area contributed by atoms with Crippen molar-refractivity contribution in [2.45, 2.75) is 19.3 Å². The van der Waals surface area contributed by atoms with Crippen LogP contribution in [0.1, 0.15) is 29.7 Å². The number of nitrogens with one attached hydrogen (secondary N) is 2. The van der Waals surface area contributed by atoms with Crippen molar-refractivity contribution < 1.29 is 9.47 Å². The Morgan fingerprint density at radius 1 is 1.41 bits per heavy atom. The second-order valence-electron chi connectivity index (χ2n) is 5.10. The number of hydrogen-bond acceptors (Lipinski definition) is 5. The fourth-order valence-electron chi connectivity index (χ4n) is 2.83. The lowest BCUT2D eigenvalue weighted by molar-refractivity contribution is 0.414. The molecular formula is C16H16N4O2. The number of aromatic amines is 1. The van der Waals surface area contributed by atoms with Gasteiger partial charge in [-0.15, -0.1) is 5.10 Å². The highest BCUT2D eigenvalue weighted by Gasteiger charge is 2.40. The van der Waals surface area contributed by atoms with Crippen LogP contribution in [0.4, 0.5) is 0 Å². The van der Waals surface area contributed by atoms with Gasteiger partial charge in [0.05, 0.1) is 13.2 Å². The predicted molar refractivity (Wildman–Crippen MR) is 80.3 cm³/mol. The van der Waals surface area contributed by atoms with Crippen LogP contribution < -0.4 is 9.47 Å². The van der Waals surface area contributed by atoms with Crippen molar-refractivity contribution in [3.63, 3.8) is 0 Å². The zero-order valence-corrected chi connectivity index (χ0v) is 12.4. The Bertz CT molecular complexity index is 742. The van der Waals surface area contributed by atoms with Gasteiger partial charge < -0.3 is 9.47 Å². The molecule has 0 amide bonds. The fourth-order valence-corrected chi connectivity index (χ4v) is 2.83. The minimum absolute atomic E-state index is 0.0648. The number of fused-ring (bicyclic) bond motifs is 1. The van der Waals surface area contributed by atoms with E-state index in [4.69, 9.17) is 14.9 Å². The quantitative estimate of drug-likeness (QED) is 0.910. The molecule has 1 aliphatic heterocycles. The zero-order chi connectivity index (χ0) is 15.7. The summed E-state index contributed by atoms with van der Waals surface area (Å²) in [5.41, 5.74) is 2.75. The summed E-state index contributed by atoms with van der Waals surface area (Å²) in [6.45, 7) is 2.01. The molecule has 112 valence electrons. The highest BCUT2D eigenvalue weighted by Crippen LogP contribution is 2.43. The number of benzene rings is 1. The van der Waals surface area contributed by atoms with Crippen molar-refractivity contribution in [2.75, 3.05) is 7.11 Å². The fraction of sp³-hybridized carbons (Fsp3) is 0.312. The summed E-state index contributed by atoms with van der Waals surface area (Å²) in [4.78, 5) is 0. The molecule has 0 aliphatic carbocycles. The lowest BCUT2D eigenvalue weighted by atomic mass is 9.79. The lowest BCUT2D eigenvalue weighted by Gasteiger charge is -2.28. The van der Waals surface area contributed by atoms with Crippen LogP contribution in [0.25, 0.3) is 0 Å². The molecule has 2 heterocycles. The topological polar surface area (TPSA) is 94.8 Å². The Morgan fingerprint density at radius 2 is 2.14 bits per heavy atom. The van der Waals surface area contributed by atoms with Crippen LogP contribution in [0.15, 0.2) is 24.3 Å². The number of aryl methyl sites for hydroxylation is 1. The normalized spacial score (nSPS) is 20.0. The number of hydrogen-bond donors (Lipinski definition) is 2. The van der Waals surface area contributed by atoms with Crippen molar-refractivity contribution in [1.82, 2.24) is 10.2 Å². The van der Waals surface area contributed by atoms with Gasteiger partial charge in [-0.05, 0) is 24.1 Å². The van der Waals surface area contributed by atoms with E-state index in [-0.39, 0.29) is 11.8 Å². The molecule has 2 aromatic rings. The van der Waals surface area contributed by atoms with Gasteiger partial charge in [0.2, 0.25) is 11.8 Å². The molecule has 6 nitrogen and oxygen atoms in total. The Kier molecular flexibility index (Phi) is 3.55. The molecule has 0 saturated heterocycles. The van der Waals surface area contributed by atoms with Crippen molar-refractivity contribution in [1.29, 1.82) is 10.7 Å². The van der Waals surface area contributed by atoms with E-state index in [1.165, 1.54) is 0 Å². The van der Waals surface area contributed by atoms with Crippen LogP contribution in [0.3, 0.4) is 0 Å². The van der Waals surface area contributed by atoms with Crippen LogP contribution >= 0.6 is 0 Å². The van der Waals surface area contributed by atoms with E-state index in [0.29, 0.717) is 5.88 Å². The maximum Gasteiger partial charge on any atom is 0.243 e. The van der Waals surface area contributed by atoms with E-state index in [2.05, 4.69) is 16.3 Å². The smallest absolute Gasteiger partial charge is 0.243 e. The summed E-state index contributed by atoms with van der Waals surface area (Å²) in [5.74, 6) is 0.159. The summed E-state index contributed by atoms with van der Waals surface area (Å²) < 4.78 is 10.6. The zero-order valence-electron chi connectivity index (χ0n) is 12.4. The van der Waals surface area contributed by atoms with Crippen LogP contribution in [0, 0.1) is 22.7 Å². The molecule has 1 aromatic carbocycles. The maximum atomic E-state index is 9.49. The number of ether oxygens (including phenoxy) is 2. The van der Waals surface area contributed by atoms with Gasteiger partial charge in [0.25, 0.3) is 0 Å². The molecule has 1 aliphatic rings. The molecule has 3 rings (SSSR count). The number of H-pyrrole nitrogens is 1. The third kappa shape index (κ3) is 2.11. The molecule has 2 N–H and O–H groups in total. The van der Waals surface area contributed by atoms with E-state index >= 15 is 0 Å². The molecule has 2 unspecified atom stereocenters. The van der Waals surface area contributed by atoms with E-state index < -0.39 is 5.92 Å². The van der Waals surface area contributed by atoms with Crippen LogP contribution in [0.5, 0.6) is 11.6 Å². The van der Waals surface area contributed by atoms with Crippen molar-refractivity contribution in [2.24, 2.45) is 5.92 Å². The first-order valence-corrected chi connectivity index (χ1v) is 7.06. The molecule has 0 saturated carbocycles. The number of nitriles is 1. The second-order valence-corrected chi connectivity index (χ2v) is 5.10. The summed E-state index contributed by atoms with van der Waals surface area (Å²) in [6, 6.07) is 9.74. The van der Waals surface area contributed by atoms with Gasteiger partial charge in [0.1, 0.15) is 11.7 Å². The summed E-state index contributed by atoms with van der Waals surface area (Å²) in [6.07, 6.45) is 0.754. The summed E-state index contributed by atoms with van der Waals surface area (Å²) >= 11 is 0. The maximum absolute atomic E-state index is 9.49. The van der Waals surface area contributed by atoms with Crippen molar-refractivity contribution in [3.05, 3.63) is 41.1 Å². The Balaban J connectivity index is 2.15. The van der Waals surface area contributed by atoms with Crippen molar-refractivity contribution >= 4 is 5.90 Å². The molecule has 6 heteroatoms. The number of rotatable bonds is 3. The first kappa shape index (κ1) is 14.1. The van der Waals surface area contributed by atoms with Crippen LogP contribution in [-0.4, -0.2) is 23.2 Å². The molecule has 0 spiro atoms. The molecule has 2 atom stereocenters. The number of aromatic nitrogens is 2. The standard InChI is InChI=1S/C16H16N4O2/c1-3-12-14-13(9-4-6-10(21-2)7-5-9)11(8-17)15(18)22-16(14)20-19-12/h4-7,11,13,18H,3H2,1-2H3,(H,19,20). The SMILES string of the molecule is CCc1[nH]nc2c1C(c1ccc(OC)cc1)C(C#N)C(=N)O2. The Morgan fingerprint density at radius 3 is 2.73 bits per heavy atom. The Hall–Kier alpha value is -2.81. The van der Waals surface area contributed by atoms with Gasteiger partial charge in [0.15, 0.2) is 0 Å². The monoisotopic (exact) mass is 296 g/mol. The second kappa shape index (κ2) is 5.53. The molecule has 22 heavy (non-hydrogen) atoms. The van der Waals surface area contributed by atoms with Crippen molar-refractivity contribution in [3.8, 4) is 17.7 Å². The molecule has 1 aromatic heterocycles. The molecular weight excluding hydrogens is 280 g/mol. The number of nitrogens with zero attached hydrogens (tertiary/aromatic N) is 2. The molecule has 0 bridgehead atoms. The average molecular weight is 296 g/mol. The minimum atomic E-state index is -0.663. The van der Waals surface area contributed by atoms with Crippen LogP contribution in [-0.2, 0) is 6.42 Å². The average Bonchev–Trinajstić information content (AvgIpc) is 2.96. The largest absolute Gasteiger partial charge is 0.497 e. The van der Waals surface area contributed by atoms with Gasteiger partial charge in [-0.2, -0.15) is 5.26 Å². The lowest BCUT2D eigenvalue weighted by Crippen LogP contribution is -2.31. The third-order valence-corrected chi connectivity index (χ3v) is 3.95. The van der Waals surface area contributed by atoms with E-state index in [9.17, 15) is 5.26 Å². The van der Waals surface area contributed by atoms with E-state index in [1.54, 1.807) is 7.11 Å². The van der Waals surface area contributed by atoms with Crippen LogP contribution in [0.2, 0.25) is 0 Å². The Labute approximate surface area is 128 Å². The predicted octanol–water partition coefficient (Wildman–Crippen LogP) is 2.62. The summed E-state index contributed by atoms with van der Waals surface area (Å²) in [7, 11) is 1.61. The third-order valence-electron chi connectivity index (χ3n) is 3.95. The molecule has 0 radical (unpaired) electrons.